The summed E-state index contributed by atoms with van der Waals surface area (Å²) < 4.78 is 5.42. The van der Waals surface area contributed by atoms with E-state index < -0.39 is 5.91 Å². The minimum Gasteiger partial charge on any atom is -0.406 e. The average molecular weight is 294 g/mol. The lowest BCUT2D eigenvalue weighted by Gasteiger charge is -2.03. The molecule has 0 spiro atoms. The molecule has 1 unspecified atom stereocenters. The van der Waals surface area contributed by atoms with E-state index in [0.29, 0.717) is 11.5 Å². The third-order valence-corrected chi connectivity index (χ3v) is 3.34. The average Bonchev–Trinajstić information content (AvgIpc) is 3.09. The van der Waals surface area contributed by atoms with Gasteiger partial charge in [-0.05, 0) is 25.5 Å². The molecule has 1 fully saturated rings. The predicted octanol–water partition coefficient (Wildman–Crippen LogP) is 1.79. The van der Waals surface area contributed by atoms with Gasteiger partial charge in [-0.3, -0.25) is 15.1 Å². The normalized spacial score (nSPS) is 18.1. The maximum absolute atomic E-state index is 12.0. The van der Waals surface area contributed by atoms with Crippen molar-refractivity contribution in [2.75, 3.05) is 11.9 Å². The molecule has 104 valence electrons. The molecule has 0 saturated carbocycles. The van der Waals surface area contributed by atoms with E-state index in [-0.39, 0.29) is 17.1 Å². The van der Waals surface area contributed by atoms with Crippen molar-refractivity contribution in [3.8, 4) is 0 Å². The number of anilines is 1. The van der Waals surface area contributed by atoms with Crippen molar-refractivity contribution in [3.05, 3.63) is 34.9 Å². The summed E-state index contributed by atoms with van der Waals surface area (Å²) in [6, 6.07) is 1.65. The number of pyridine rings is 1. The SMILES string of the molecule is O=C(Nc1nnc(C2CCCN2)o1)c1ccncc1Cl. The summed E-state index contributed by atoms with van der Waals surface area (Å²) in [4.78, 5) is 15.8. The molecule has 2 aromatic heterocycles. The molecule has 0 aliphatic carbocycles. The topological polar surface area (TPSA) is 92.9 Å². The van der Waals surface area contributed by atoms with Gasteiger partial charge in [-0.1, -0.05) is 16.7 Å². The molecule has 20 heavy (non-hydrogen) atoms. The molecule has 2 N–H and O–H groups in total. The van der Waals surface area contributed by atoms with Crippen LogP contribution in [0.1, 0.15) is 35.1 Å². The van der Waals surface area contributed by atoms with Gasteiger partial charge in [-0.15, -0.1) is 5.10 Å². The molecular weight excluding hydrogens is 282 g/mol. The summed E-state index contributed by atoms with van der Waals surface area (Å²) in [5, 5.41) is 13.8. The van der Waals surface area contributed by atoms with Gasteiger partial charge in [0, 0.05) is 12.4 Å². The zero-order valence-electron chi connectivity index (χ0n) is 10.5. The van der Waals surface area contributed by atoms with E-state index in [1.54, 1.807) is 0 Å². The van der Waals surface area contributed by atoms with Crippen LogP contribution in [-0.4, -0.2) is 27.6 Å². The number of aromatic nitrogens is 3. The standard InChI is InChI=1S/C12H12ClN5O2/c13-8-6-14-5-3-7(8)10(19)16-12-18-17-11(20-12)9-2-1-4-15-9/h3,5-6,9,15H,1-2,4H2,(H,16,18,19). The van der Waals surface area contributed by atoms with Crippen molar-refractivity contribution in [2.24, 2.45) is 0 Å². The highest BCUT2D eigenvalue weighted by Gasteiger charge is 2.23. The lowest BCUT2D eigenvalue weighted by atomic mass is 10.2. The molecule has 0 radical (unpaired) electrons. The van der Waals surface area contributed by atoms with Crippen LogP contribution in [-0.2, 0) is 0 Å². The molecule has 1 amide bonds. The molecule has 0 bridgehead atoms. The van der Waals surface area contributed by atoms with E-state index in [1.807, 2.05) is 0 Å². The van der Waals surface area contributed by atoms with Crippen molar-refractivity contribution in [1.29, 1.82) is 0 Å². The number of halogens is 1. The Morgan fingerprint density at radius 3 is 3.15 bits per heavy atom. The third-order valence-electron chi connectivity index (χ3n) is 3.04. The van der Waals surface area contributed by atoms with Gasteiger partial charge in [0.05, 0.1) is 16.6 Å². The number of hydrogen-bond donors (Lipinski definition) is 2. The summed E-state index contributed by atoms with van der Waals surface area (Å²) >= 11 is 5.89. The van der Waals surface area contributed by atoms with Crippen LogP contribution in [0, 0.1) is 0 Å². The molecule has 2 aromatic rings. The van der Waals surface area contributed by atoms with Crippen LogP contribution in [0.4, 0.5) is 6.01 Å². The zero-order chi connectivity index (χ0) is 13.9. The number of carbonyl (C=O) groups excluding carboxylic acids is 1. The van der Waals surface area contributed by atoms with E-state index in [0.717, 1.165) is 19.4 Å². The Labute approximate surface area is 119 Å². The van der Waals surface area contributed by atoms with Crippen LogP contribution in [0.15, 0.2) is 22.9 Å². The smallest absolute Gasteiger partial charge is 0.322 e. The Kier molecular flexibility index (Phi) is 3.62. The fourth-order valence-electron chi connectivity index (χ4n) is 2.05. The predicted molar refractivity (Wildman–Crippen MR) is 71.5 cm³/mol. The summed E-state index contributed by atoms with van der Waals surface area (Å²) in [5.74, 6) is 0.0746. The highest BCUT2D eigenvalue weighted by molar-refractivity contribution is 6.34. The van der Waals surface area contributed by atoms with Crippen LogP contribution in [0.3, 0.4) is 0 Å². The van der Waals surface area contributed by atoms with Gasteiger partial charge in [0.25, 0.3) is 5.91 Å². The maximum atomic E-state index is 12.0. The second-order valence-corrected chi connectivity index (χ2v) is 4.81. The van der Waals surface area contributed by atoms with Gasteiger partial charge in [0.1, 0.15) is 0 Å². The second kappa shape index (κ2) is 5.56. The molecule has 3 rings (SSSR count). The largest absolute Gasteiger partial charge is 0.406 e. The highest BCUT2D eigenvalue weighted by atomic mass is 35.5. The molecule has 1 aliphatic rings. The molecule has 1 saturated heterocycles. The maximum Gasteiger partial charge on any atom is 0.322 e. The van der Waals surface area contributed by atoms with Crippen molar-refractivity contribution < 1.29 is 9.21 Å². The number of rotatable bonds is 3. The van der Waals surface area contributed by atoms with E-state index in [1.165, 1.54) is 18.5 Å². The van der Waals surface area contributed by atoms with Gasteiger partial charge in [0.15, 0.2) is 0 Å². The summed E-state index contributed by atoms with van der Waals surface area (Å²) in [7, 11) is 0. The van der Waals surface area contributed by atoms with Crippen molar-refractivity contribution in [2.45, 2.75) is 18.9 Å². The van der Waals surface area contributed by atoms with E-state index in [4.69, 9.17) is 16.0 Å². The van der Waals surface area contributed by atoms with Crippen LogP contribution >= 0.6 is 11.6 Å². The quantitative estimate of drug-likeness (QED) is 0.896. The fourth-order valence-corrected chi connectivity index (χ4v) is 2.25. The van der Waals surface area contributed by atoms with Gasteiger partial charge in [0.2, 0.25) is 5.89 Å². The number of nitrogens with zero attached hydrogens (tertiary/aromatic N) is 3. The number of amides is 1. The monoisotopic (exact) mass is 293 g/mol. The lowest BCUT2D eigenvalue weighted by molar-refractivity contribution is 0.102. The van der Waals surface area contributed by atoms with Crippen molar-refractivity contribution in [1.82, 2.24) is 20.5 Å². The highest BCUT2D eigenvalue weighted by Crippen LogP contribution is 2.23. The molecular formula is C12H12ClN5O2. The first-order valence-corrected chi connectivity index (χ1v) is 6.59. The Morgan fingerprint density at radius 1 is 1.50 bits per heavy atom. The van der Waals surface area contributed by atoms with E-state index >= 15 is 0 Å². The van der Waals surface area contributed by atoms with Crippen LogP contribution < -0.4 is 10.6 Å². The molecule has 7 nitrogen and oxygen atoms in total. The summed E-state index contributed by atoms with van der Waals surface area (Å²) in [6.45, 7) is 0.932. The van der Waals surface area contributed by atoms with Crippen LogP contribution in [0.2, 0.25) is 5.02 Å². The van der Waals surface area contributed by atoms with Crippen molar-refractivity contribution >= 4 is 23.5 Å². The molecule has 0 aromatic carbocycles. The van der Waals surface area contributed by atoms with Crippen LogP contribution in [0.25, 0.3) is 0 Å². The summed E-state index contributed by atoms with van der Waals surface area (Å²) in [5.41, 5.74) is 0.306. The zero-order valence-corrected chi connectivity index (χ0v) is 11.2. The first-order valence-electron chi connectivity index (χ1n) is 6.21. The fraction of sp³-hybridized carbons (Fsp3) is 0.333. The minimum atomic E-state index is -0.410. The van der Waals surface area contributed by atoms with Crippen molar-refractivity contribution in [3.63, 3.8) is 0 Å². The Morgan fingerprint density at radius 2 is 2.40 bits per heavy atom. The summed E-state index contributed by atoms with van der Waals surface area (Å²) in [6.07, 6.45) is 4.91. The van der Waals surface area contributed by atoms with Gasteiger partial charge < -0.3 is 9.73 Å². The number of nitrogens with one attached hydrogen (secondary N) is 2. The second-order valence-electron chi connectivity index (χ2n) is 4.40. The Hall–Kier alpha value is -1.99. The van der Waals surface area contributed by atoms with E-state index in [2.05, 4.69) is 25.8 Å². The first kappa shape index (κ1) is 13.0. The minimum absolute atomic E-state index is 0.0616. The molecule has 1 atom stereocenters. The molecule has 3 heterocycles. The molecule has 1 aliphatic heterocycles. The Bertz CT molecular complexity index is 624. The molecule has 8 heteroatoms. The number of hydrogen-bond acceptors (Lipinski definition) is 6. The van der Waals surface area contributed by atoms with Crippen LogP contribution in [0.5, 0.6) is 0 Å². The van der Waals surface area contributed by atoms with Gasteiger partial charge in [-0.2, -0.15) is 0 Å². The van der Waals surface area contributed by atoms with E-state index in [9.17, 15) is 4.79 Å². The van der Waals surface area contributed by atoms with Gasteiger partial charge in [-0.25, -0.2) is 0 Å². The third kappa shape index (κ3) is 2.63. The first-order chi connectivity index (χ1) is 9.74. The lowest BCUT2D eigenvalue weighted by Crippen LogP contribution is -2.13. The Balaban J connectivity index is 1.72. The number of carbonyl (C=O) groups is 1. The van der Waals surface area contributed by atoms with Gasteiger partial charge >= 0.3 is 6.01 Å².